The number of hydrogen-bond acceptors (Lipinski definition) is 5. The Morgan fingerprint density at radius 1 is 1.08 bits per heavy atom. The lowest BCUT2D eigenvalue weighted by atomic mass is 9.65. The molecule has 9 heteroatoms. The highest BCUT2D eigenvalue weighted by molar-refractivity contribution is 5.89. The van der Waals surface area contributed by atoms with Crippen LogP contribution in [-0.2, 0) is 5.41 Å². The van der Waals surface area contributed by atoms with E-state index in [1.54, 1.807) is 14.2 Å². The first-order valence-corrected chi connectivity index (χ1v) is 13.6. The highest BCUT2D eigenvalue weighted by Crippen LogP contribution is 2.51. The van der Waals surface area contributed by atoms with E-state index in [-0.39, 0.29) is 28.6 Å². The lowest BCUT2D eigenvalue weighted by Crippen LogP contribution is -2.54. The summed E-state index contributed by atoms with van der Waals surface area (Å²) in [5.74, 6) is -0.508. The molecule has 1 aliphatic heterocycles. The Labute approximate surface area is 230 Å². The number of ether oxygens (including phenoxy) is 2. The molecule has 39 heavy (non-hydrogen) atoms. The van der Waals surface area contributed by atoms with Gasteiger partial charge in [-0.25, -0.2) is 13.6 Å². The number of fused-ring (bicyclic) bond motifs is 1. The smallest absolute Gasteiger partial charge is 0.319 e. The summed E-state index contributed by atoms with van der Waals surface area (Å²) in [4.78, 5) is 17.6. The van der Waals surface area contributed by atoms with Gasteiger partial charge in [0.25, 0.3) is 0 Å². The molecule has 4 rings (SSSR count). The van der Waals surface area contributed by atoms with E-state index in [2.05, 4.69) is 60.5 Å². The highest BCUT2D eigenvalue weighted by atomic mass is 19.2. The number of rotatable bonds is 9. The van der Waals surface area contributed by atoms with Crippen LogP contribution in [0.25, 0.3) is 0 Å². The third kappa shape index (κ3) is 6.47. The molecule has 0 spiro atoms. The highest BCUT2D eigenvalue weighted by Gasteiger charge is 2.52. The molecular weight excluding hydrogens is 502 g/mol. The monoisotopic (exact) mass is 544 g/mol. The van der Waals surface area contributed by atoms with Gasteiger partial charge in [-0.05, 0) is 81.6 Å². The van der Waals surface area contributed by atoms with Crippen LogP contribution >= 0.6 is 0 Å². The molecule has 2 N–H and O–H groups in total. The fourth-order valence-corrected chi connectivity index (χ4v) is 6.83. The van der Waals surface area contributed by atoms with Crippen molar-refractivity contribution in [2.75, 3.05) is 53.3 Å². The minimum Gasteiger partial charge on any atom is -0.493 e. The molecule has 1 heterocycles. The maximum absolute atomic E-state index is 13.6. The van der Waals surface area contributed by atoms with Crippen molar-refractivity contribution in [1.82, 2.24) is 15.1 Å². The summed E-state index contributed by atoms with van der Waals surface area (Å²) in [5, 5.41) is 5.74. The number of carbonyl (C=O) groups is 1. The zero-order chi connectivity index (χ0) is 28.4. The average molecular weight is 545 g/mol. The van der Waals surface area contributed by atoms with Crippen molar-refractivity contribution in [1.29, 1.82) is 0 Å². The number of likely N-dealkylation sites (tertiary alicyclic amines) is 1. The number of halogens is 2. The van der Waals surface area contributed by atoms with Gasteiger partial charge in [-0.3, -0.25) is 4.90 Å². The fraction of sp³-hybridized carbons (Fsp3) is 0.567. The fourth-order valence-electron chi connectivity index (χ4n) is 6.83. The Morgan fingerprint density at radius 2 is 1.82 bits per heavy atom. The van der Waals surface area contributed by atoms with E-state index in [0.29, 0.717) is 5.75 Å². The van der Waals surface area contributed by atoms with Crippen LogP contribution in [0.15, 0.2) is 36.4 Å². The van der Waals surface area contributed by atoms with Crippen molar-refractivity contribution in [3.05, 3.63) is 53.6 Å². The predicted octanol–water partition coefficient (Wildman–Crippen LogP) is 5.26. The summed E-state index contributed by atoms with van der Waals surface area (Å²) < 4.78 is 38.1. The van der Waals surface area contributed by atoms with Gasteiger partial charge in [0.2, 0.25) is 0 Å². The Kier molecular flexibility index (Phi) is 8.71. The van der Waals surface area contributed by atoms with Crippen molar-refractivity contribution in [3.8, 4) is 11.5 Å². The number of hydrogen-bond donors (Lipinski definition) is 2. The number of nitrogens with one attached hydrogen (secondary N) is 2. The molecule has 2 amide bonds. The van der Waals surface area contributed by atoms with Gasteiger partial charge in [0.15, 0.2) is 23.1 Å². The normalized spacial score (nSPS) is 23.4. The maximum Gasteiger partial charge on any atom is 0.319 e. The van der Waals surface area contributed by atoms with Gasteiger partial charge in [0, 0.05) is 42.3 Å². The Morgan fingerprint density at radius 3 is 2.49 bits per heavy atom. The molecule has 7 nitrogen and oxygen atoms in total. The number of nitrogens with zero attached hydrogens (tertiary/aromatic N) is 2. The summed E-state index contributed by atoms with van der Waals surface area (Å²) >= 11 is 0. The quantitative estimate of drug-likeness (QED) is 0.451. The number of urea groups is 1. The van der Waals surface area contributed by atoms with Crippen molar-refractivity contribution in [2.24, 2.45) is 5.41 Å². The van der Waals surface area contributed by atoms with Crippen molar-refractivity contribution < 1.29 is 23.0 Å². The first-order valence-electron chi connectivity index (χ1n) is 13.6. The minimum atomic E-state index is -0.993. The standard InChI is InChI=1S/C30H42F2N4O3/c1-29(2,18-35(3)4)19-36-14-13-30(20-7-10-25(38-5)26(15-20)39-6)12-11-22(17-27(30)36)34-28(37)33-21-8-9-23(31)24(32)16-21/h7-10,15-16,22,27H,11-14,17-19H2,1-6H3,(H2,33,34,37)/t22-,27+,30-/m0/s1. The molecular formula is C30H42F2N4O3. The van der Waals surface area contributed by atoms with Crippen LogP contribution in [0.4, 0.5) is 19.3 Å². The zero-order valence-corrected chi connectivity index (χ0v) is 23.9. The van der Waals surface area contributed by atoms with Crippen LogP contribution < -0.4 is 20.1 Å². The third-order valence-corrected chi connectivity index (χ3v) is 8.22. The van der Waals surface area contributed by atoms with E-state index in [1.165, 1.54) is 11.6 Å². The first-order chi connectivity index (χ1) is 18.5. The molecule has 0 aromatic heterocycles. The van der Waals surface area contributed by atoms with Crippen LogP contribution in [0.1, 0.15) is 45.1 Å². The molecule has 2 fully saturated rings. The number of benzene rings is 2. The van der Waals surface area contributed by atoms with Crippen LogP contribution in [0.3, 0.4) is 0 Å². The number of anilines is 1. The number of carbonyl (C=O) groups excluding carboxylic acids is 1. The third-order valence-electron chi connectivity index (χ3n) is 8.22. The Balaban J connectivity index is 1.57. The molecule has 2 aliphatic rings. The van der Waals surface area contributed by atoms with Crippen LogP contribution in [0.2, 0.25) is 0 Å². The molecule has 2 aromatic carbocycles. The zero-order valence-electron chi connectivity index (χ0n) is 23.9. The predicted molar refractivity (Wildman–Crippen MR) is 150 cm³/mol. The Bertz CT molecular complexity index is 1170. The molecule has 1 saturated heterocycles. The topological polar surface area (TPSA) is 66.1 Å². The van der Waals surface area contributed by atoms with Crippen LogP contribution in [-0.4, -0.2) is 75.9 Å². The van der Waals surface area contributed by atoms with E-state index in [0.717, 1.165) is 63.2 Å². The van der Waals surface area contributed by atoms with E-state index in [9.17, 15) is 13.6 Å². The second-order valence-electron chi connectivity index (χ2n) is 12.1. The average Bonchev–Trinajstić information content (AvgIpc) is 3.23. The van der Waals surface area contributed by atoms with Gasteiger partial charge >= 0.3 is 6.03 Å². The van der Waals surface area contributed by atoms with Crippen LogP contribution in [0.5, 0.6) is 11.5 Å². The first kappa shape index (κ1) is 29.1. The molecule has 1 saturated carbocycles. The van der Waals surface area contributed by atoms with E-state index < -0.39 is 17.7 Å². The molecule has 1 aliphatic carbocycles. The van der Waals surface area contributed by atoms with E-state index in [1.807, 2.05) is 6.07 Å². The van der Waals surface area contributed by atoms with Gasteiger partial charge in [-0.15, -0.1) is 0 Å². The molecule has 2 aromatic rings. The lowest BCUT2D eigenvalue weighted by molar-refractivity contribution is 0.0885. The number of amides is 2. The SMILES string of the molecule is COc1ccc([C@@]23CC[C@H](NC(=O)Nc4ccc(F)c(F)c4)C[C@H]2N(CC(C)(C)CN(C)C)CC3)cc1OC. The molecule has 0 bridgehead atoms. The van der Waals surface area contributed by atoms with Gasteiger partial charge in [-0.2, -0.15) is 0 Å². The van der Waals surface area contributed by atoms with Crippen molar-refractivity contribution >= 4 is 11.7 Å². The van der Waals surface area contributed by atoms with Gasteiger partial charge in [-0.1, -0.05) is 19.9 Å². The minimum absolute atomic E-state index is 0.0499. The summed E-state index contributed by atoms with van der Waals surface area (Å²) in [6.07, 6.45) is 3.54. The molecule has 214 valence electrons. The summed E-state index contributed by atoms with van der Waals surface area (Å²) in [6, 6.07) is 9.37. The van der Waals surface area contributed by atoms with E-state index in [4.69, 9.17) is 9.47 Å². The van der Waals surface area contributed by atoms with Gasteiger partial charge < -0.3 is 25.0 Å². The second kappa shape index (κ2) is 11.7. The second-order valence-corrected chi connectivity index (χ2v) is 12.1. The Hall–Kier alpha value is -2.91. The summed E-state index contributed by atoms with van der Waals surface area (Å²) in [7, 11) is 7.51. The summed E-state index contributed by atoms with van der Waals surface area (Å²) in [5.41, 5.74) is 1.47. The molecule has 0 unspecified atom stereocenters. The van der Waals surface area contributed by atoms with Gasteiger partial charge in [0.05, 0.1) is 14.2 Å². The largest absolute Gasteiger partial charge is 0.493 e. The number of methoxy groups -OCH3 is 2. The molecule has 0 radical (unpaired) electrons. The van der Waals surface area contributed by atoms with Crippen molar-refractivity contribution in [3.63, 3.8) is 0 Å². The summed E-state index contributed by atoms with van der Waals surface area (Å²) in [6.45, 7) is 7.49. The van der Waals surface area contributed by atoms with Crippen LogP contribution in [0, 0.1) is 17.0 Å². The maximum atomic E-state index is 13.6. The van der Waals surface area contributed by atoms with Crippen molar-refractivity contribution in [2.45, 2.75) is 57.0 Å². The van der Waals surface area contributed by atoms with Gasteiger partial charge in [0.1, 0.15) is 0 Å². The van der Waals surface area contributed by atoms with E-state index >= 15 is 0 Å². The molecule has 3 atom stereocenters. The lowest BCUT2D eigenvalue weighted by Gasteiger charge is -2.47.